The summed E-state index contributed by atoms with van der Waals surface area (Å²) in [5.74, 6) is -0.179. The molecular formula is C18H20N4O2S. The maximum absolute atomic E-state index is 12.4. The highest BCUT2D eigenvalue weighted by Gasteiger charge is 2.18. The number of anilines is 1. The third kappa shape index (κ3) is 4.00. The van der Waals surface area contributed by atoms with E-state index in [0.29, 0.717) is 0 Å². The second-order valence-electron chi connectivity index (χ2n) is 5.70. The van der Waals surface area contributed by atoms with E-state index < -0.39 is 12.1 Å². The first-order chi connectivity index (χ1) is 12.1. The average molecular weight is 356 g/mol. The van der Waals surface area contributed by atoms with Gasteiger partial charge in [-0.25, -0.2) is 4.79 Å². The first kappa shape index (κ1) is 17.0. The number of nitrogens with two attached hydrogens (primary N) is 1. The molecule has 7 heteroatoms. The first-order valence-corrected chi connectivity index (χ1v) is 8.93. The Hall–Kier alpha value is -2.80. The summed E-state index contributed by atoms with van der Waals surface area (Å²) in [4.78, 5) is 24.5. The van der Waals surface area contributed by atoms with Gasteiger partial charge in [0.05, 0.1) is 12.5 Å². The molecule has 0 fully saturated rings. The molecular weight excluding hydrogens is 336 g/mol. The Morgan fingerprint density at radius 2 is 2.12 bits per heavy atom. The summed E-state index contributed by atoms with van der Waals surface area (Å²) in [6.07, 6.45) is 2.15. The minimum atomic E-state index is -0.645. The summed E-state index contributed by atoms with van der Waals surface area (Å²) in [5.41, 5.74) is 7.09. The van der Waals surface area contributed by atoms with Gasteiger partial charge in [0.25, 0.3) is 0 Å². The third-order valence-corrected chi connectivity index (χ3v) is 4.97. The predicted molar refractivity (Wildman–Crippen MR) is 101 cm³/mol. The molecule has 2 aromatic heterocycles. The number of amides is 3. The fourth-order valence-electron chi connectivity index (χ4n) is 2.84. The van der Waals surface area contributed by atoms with Crippen molar-refractivity contribution in [2.45, 2.75) is 25.9 Å². The fourth-order valence-corrected chi connectivity index (χ4v) is 3.61. The predicted octanol–water partition coefficient (Wildman–Crippen LogP) is 3.46. The molecule has 3 rings (SSSR count). The highest BCUT2D eigenvalue weighted by molar-refractivity contribution is 7.10. The molecule has 1 aromatic carbocycles. The van der Waals surface area contributed by atoms with Gasteiger partial charge in [-0.05, 0) is 42.6 Å². The number of primary amides is 1. The van der Waals surface area contributed by atoms with Crippen LogP contribution in [0.15, 0.2) is 48.0 Å². The van der Waals surface area contributed by atoms with Gasteiger partial charge >= 0.3 is 6.03 Å². The van der Waals surface area contributed by atoms with Crippen LogP contribution in [0.5, 0.6) is 0 Å². The topological polar surface area (TPSA) is 89.2 Å². The smallest absolute Gasteiger partial charge is 0.312 e. The molecule has 0 unspecified atom stereocenters. The summed E-state index contributed by atoms with van der Waals surface area (Å²) in [5, 5.41) is 8.49. The van der Waals surface area contributed by atoms with Crippen LogP contribution in [0.4, 0.5) is 10.5 Å². The summed E-state index contributed by atoms with van der Waals surface area (Å²) in [6, 6.07) is 10.5. The number of nitrogens with one attached hydrogen (secondary N) is 2. The van der Waals surface area contributed by atoms with Crippen LogP contribution >= 0.6 is 11.3 Å². The van der Waals surface area contributed by atoms with Crippen molar-refractivity contribution >= 4 is 39.9 Å². The van der Waals surface area contributed by atoms with E-state index in [0.717, 1.165) is 28.0 Å². The number of benzene rings is 1. The van der Waals surface area contributed by atoms with E-state index >= 15 is 0 Å². The molecule has 0 aliphatic heterocycles. The average Bonchev–Trinajstić information content (AvgIpc) is 3.23. The van der Waals surface area contributed by atoms with E-state index in [-0.39, 0.29) is 12.3 Å². The molecule has 6 nitrogen and oxygen atoms in total. The zero-order valence-electron chi connectivity index (χ0n) is 13.9. The molecule has 1 atom stereocenters. The Morgan fingerprint density at radius 1 is 1.28 bits per heavy atom. The molecule has 0 aliphatic carbocycles. The van der Waals surface area contributed by atoms with Gasteiger partial charge in [0.15, 0.2) is 0 Å². The van der Waals surface area contributed by atoms with E-state index in [1.807, 2.05) is 48.0 Å². The van der Waals surface area contributed by atoms with Crippen molar-refractivity contribution in [3.05, 3.63) is 52.9 Å². The fraction of sp³-hybridized carbons (Fsp3) is 0.222. The maximum atomic E-state index is 12.4. The highest BCUT2D eigenvalue weighted by Crippen LogP contribution is 2.24. The Morgan fingerprint density at radius 3 is 2.80 bits per heavy atom. The van der Waals surface area contributed by atoms with Crippen LogP contribution in [-0.4, -0.2) is 16.5 Å². The number of hydrogen-bond donors (Lipinski definition) is 3. The largest absolute Gasteiger partial charge is 0.352 e. The molecule has 0 spiro atoms. The highest BCUT2D eigenvalue weighted by atomic mass is 32.1. The van der Waals surface area contributed by atoms with E-state index in [2.05, 4.69) is 22.1 Å². The molecule has 0 bridgehead atoms. The molecule has 0 aliphatic rings. The van der Waals surface area contributed by atoms with E-state index in [4.69, 9.17) is 5.73 Å². The molecule has 0 radical (unpaired) electrons. The van der Waals surface area contributed by atoms with Crippen molar-refractivity contribution in [1.29, 1.82) is 0 Å². The van der Waals surface area contributed by atoms with Crippen LogP contribution < -0.4 is 16.4 Å². The monoisotopic (exact) mass is 356 g/mol. The molecule has 0 saturated carbocycles. The lowest BCUT2D eigenvalue weighted by Gasteiger charge is -2.16. The molecule has 3 amide bonds. The lowest BCUT2D eigenvalue weighted by molar-refractivity contribution is -0.116. The zero-order valence-corrected chi connectivity index (χ0v) is 14.7. The second-order valence-corrected chi connectivity index (χ2v) is 6.68. The first-order valence-electron chi connectivity index (χ1n) is 8.05. The van der Waals surface area contributed by atoms with E-state index in [1.165, 1.54) is 11.3 Å². The Bertz CT molecular complexity index is 886. The molecule has 2 heterocycles. The Labute approximate surface area is 149 Å². The van der Waals surface area contributed by atoms with Gasteiger partial charge in [-0.1, -0.05) is 6.07 Å². The van der Waals surface area contributed by atoms with Gasteiger partial charge in [-0.15, -0.1) is 11.3 Å². The molecule has 25 heavy (non-hydrogen) atoms. The normalized spacial score (nSPS) is 12.0. The third-order valence-electron chi connectivity index (χ3n) is 3.99. The minimum Gasteiger partial charge on any atom is -0.352 e. The van der Waals surface area contributed by atoms with Gasteiger partial charge < -0.3 is 20.9 Å². The quantitative estimate of drug-likeness (QED) is 0.631. The standard InChI is InChI=1S/C18H20N4O2S/c1-2-22-8-7-12-10-13(5-6-15(12)22)20-17(23)11-14(21-18(19)24)16-4-3-9-25-16/h3-10,14H,2,11H2,1H3,(H,20,23)(H3,19,21,24)/t14-/m0/s1. The second kappa shape index (κ2) is 7.40. The van der Waals surface area contributed by atoms with Crippen molar-refractivity contribution in [3.8, 4) is 0 Å². The molecule has 0 saturated heterocycles. The number of rotatable bonds is 6. The number of fused-ring (bicyclic) bond motifs is 1. The number of carbonyl (C=O) groups is 2. The number of nitrogens with zero attached hydrogens (tertiary/aromatic N) is 1. The van der Waals surface area contributed by atoms with Gasteiger partial charge in [-0.3, -0.25) is 4.79 Å². The van der Waals surface area contributed by atoms with Gasteiger partial charge in [0.2, 0.25) is 5.91 Å². The number of aryl methyl sites for hydroxylation is 1. The van der Waals surface area contributed by atoms with Crippen molar-refractivity contribution < 1.29 is 9.59 Å². The number of carbonyl (C=O) groups excluding carboxylic acids is 2. The summed E-state index contributed by atoms with van der Waals surface area (Å²) in [7, 11) is 0. The van der Waals surface area contributed by atoms with Gasteiger partial charge in [0, 0.05) is 34.2 Å². The Balaban J connectivity index is 1.71. The van der Waals surface area contributed by atoms with Crippen molar-refractivity contribution in [2.75, 3.05) is 5.32 Å². The van der Waals surface area contributed by atoms with E-state index in [1.54, 1.807) is 0 Å². The molecule has 4 N–H and O–H groups in total. The summed E-state index contributed by atoms with van der Waals surface area (Å²) in [6.45, 7) is 2.99. The van der Waals surface area contributed by atoms with Crippen molar-refractivity contribution in [2.24, 2.45) is 5.73 Å². The van der Waals surface area contributed by atoms with Gasteiger partial charge in [-0.2, -0.15) is 0 Å². The van der Waals surface area contributed by atoms with Crippen LogP contribution in [0, 0.1) is 0 Å². The van der Waals surface area contributed by atoms with Crippen LogP contribution in [0.2, 0.25) is 0 Å². The van der Waals surface area contributed by atoms with Crippen LogP contribution in [0.25, 0.3) is 10.9 Å². The van der Waals surface area contributed by atoms with Crippen molar-refractivity contribution in [3.63, 3.8) is 0 Å². The molecule has 130 valence electrons. The minimum absolute atomic E-state index is 0.122. The number of hydrogen-bond acceptors (Lipinski definition) is 3. The van der Waals surface area contributed by atoms with Crippen molar-refractivity contribution in [1.82, 2.24) is 9.88 Å². The Kier molecular flexibility index (Phi) is 5.04. The molecule has 3 aromatic rings. The van der Waals surface area contributed by atoms with Crippen LogP contribution in [0.1, 0.15) is 24.3 Å². The van der Waals surface area contributed by atoms with Crippen LogP contribution in [0.3, 0.4) is 0 Å². The van der Waals surface area contributed by atoms with Gasteiger partial charge in [0.1, 0.15) is 0 Å². The lowest BCUT2D eigenvalue weighted by atomic mass is 10.1. The number of aromatic nitrogens is 1. The number of urea groups is 1. The number of thiophene rings is 1. The zero-order chi connectivity index (χ0) is 17.8. The SMILES string of the molecule is CCn1ccc2cc(NC(=O)C[C@H](NC(N)=O)c3cccs3)ccc21. The summed E-state index contributed by atoms with van der Waals surface area (Å²) < 4.78 is 2.14. The lowest BCUT2D eigenvalue weighted by Crippen LogP contribution is -2.34. The van der Waals surface area contributed by atoms with E-state index in [9.17, 15) is 9.59 Å². The maximum Gasteiger partial charge on any atom is 0.312 e. The summed E-state index contributed by atoms with van der Waals surface area (Å²) >= 11 is 1.48. The van der Waals surface area contributed by atoms with Crippen LogP contribution in [-0.2, 0) is 11.3 Å².